The van der Waals surface area contributed by atoms with Crippen LogP contribution in [0.25, 0.3) is 0 Å². The smallest absolute Gasteiger partial charge is 0.224 e. The lowest BCUT2D eigenvalue weighted by Gasteiger charge is -2.20. The van der Waals surface area contributed by atoms with Crippen molar-refractivity contribution < 1.29 is 9.90 Å². The quantitative estimate of drug-likeness (QED) is 0.370. The van der Waals surface area contributed by atoms with Gasteiger partial charge in [0.25, 0.3) is 0 Å². The van der Waals surface area contributed by atoms with Crippen LogP contribution in [0.1, 0.15) is 46.5 Å². The van der Waals surface area contributed by atoms with E-state index >= 15 is 0 Å². The Bertz CT molecular complexity index is 428. The monoisotopic (exact) mass is 309 g/mol. The molecule has 5 heteroatoms. The number of hydrogen-bond donors (Lipinski definition) is 2. The van der Waals surface area contributed by atoms with E-state index in [1.807, 2.05) is 13.1 Å². The summed E-state index contributed by atoms with van der Waals surface area (Å²) < 4.78 is 0. The molecule has 0 heterocycles. The lowest BCUT2D eigenvalue weighted by Crippen LogP contribution is -2.25. The van der Waals surface area contributed by atoms with Gasteiger partial charge >= 0.3 is 0 Å². The Balaban J connectivity index is 5.23. The number of rotatable bonds is 10. The van der Waals surface area contributed by atoms with Gasteiger partial charge in [0.2, 0.25) is 5.91 Å². The summed E-state index contributed by atoms with van der Waals surface area (Å²) in [5, 5.41) is 11.9. The molecule has 0 rings (SSSR count). The van der Waals surface area contributed by atoms with Crippen molar-refractivity contribution in [3.05, 3.63) is 23.7 Å². The molecule has 0 aromatic heterocycles. The molecule has 0 spiro atoms. The zero-order valence-electron chi connectivity index (χ0n) is 14.6. The van der Waals surface area contributed by atoms with Gasteiger partial charge in [-0.1, -0.05) is 19.9 Å². The summed E-state index contributed by atoms with van der Waals surface area (Å²) in [4.78, 5) is 17.8. The van der Waals surface area contributed by atoms with Crippen molar-refractivity contribution in [2.24, 2.45) is 10.9 Å². The first-order valence-corrected chi connectivity index (χ1v) is 7.86. The molecule has 0 aromatic carbocycles. The molecule has 126 valence electrons. The minimum atomic E-state index is -0.0660. The van der Waals surface area contributed by atoms with Gasteiger partial charge in [0, 0.05) is 45.1 Å². The largest absolute Gasteiger partial charge is 0.396 e. The van der Waals surface area contributed by atoms with Crippen LogP contribution in [0.5, 0.6) is 0 Å². The highest BCUT2D eigenvalue weighted by Gasteiger charge is 2.13. The van der Waals surface area contributed by atoms with Crippen molar-refractivity contribution in [3.63, 3.8) is 0 Å². The van der Waals surface area contributed by atoms with Crippen LogP contribution in [0.2, 0.25) is 0 Å². The first kappa shape index (κ1) is 20.4. The van der Waals surface area contributed by atoms with Gasteiger partial charge in [0.1, 0.15) is 5.82 Å². The highest BCUT2D eigenvalue weighted by atomic mass is 16.2. The average molecular weight is 309 g/mol. The Kier molecular flexibility index (Phi) is 10.2. The van der Waals surface area contributed by atoms with E-state index < -0.39 is 0 Å². The zero-order chi connectivity index (χ0) is 17.1. The molecular formula is C17H31N3O2. The third kappa shape index (κ3) is 6.89. The number of likely N-dealkylation sites (N-methyl/N-ethyl adjacent to an activating group) is 1. The summed E-state index contributed by atoms with van der Waals surface area (Å²) in [6.45, 7) is 9.70. The van der Waals surface area contributed by atoms with Gasteiger partial charge in [-0.25, -0.2) is 4.99 Å². The number of carbonyl (C=O) groups is 1. The minimum Gasteiger partial charge on any atom is -0.396 e. The van der Waals surface area contributed by atoms with E-state index in [-0.39, 0.29) is 12.5 Å². The predicted octanol–water partition coefficient (Wildman–Crippen LogP) is 2.69. The molecule has 1 amide bonds. The fourth-order valence-electron chi connectivity index (χ4n) is 1.98. The molecule has 0 aliphatic rings. The van der Waals surface area contributed by atoms with Crippen LogP contribution in [0.4, 0.5) is 0 Å². The fourth-order valence-corrected chi connectivity index (χ4v) is 1.98. The third-order valence-corrected chi connectivity index (χ3v) is 3.79. The Morgan fingerprint density at radius 2 is 2.05 bits per heavy atom. The highest BCUT2D eigenvalue weighted by Crippen LogP contribution is 2.17. The molecule has 1 atom stereocenters. The number of carbonyl (C=O) groups excluding carboxylic acids is 1. The SMILES string of the molecule is C=C(NC)/C(C)=C(/N=CC(CC)CCCCO)N(C)C(C)=O. The van der Waals surface area contributed by atoms with Crippen LogP contribution in [-0.4, -0.2) is 42.8 Å². The molecule has 0 radical (unpaired) electrons. The molecule has 1 unspecified atom stereocenters. The summed E-state index contributed by atoms with van der Waals surface area (Å²) in [6, 6.07) is 0. The maximum atomic E-state index is 11.7. The first-order chi connectivity index (χ1) is 10.4. The maximum absolute atomic E-state index is 11.7. The number of aliphatic hydroxyl groups is 1. The van der Waals surface area contributed by atoms with Crippen molar-refractivity contribution in [2.45, 2.75) is 46.5 Å². The van der Waals surface area contributed by atoms with E-state index in [2.05, 4.69) is 23.8 Å². The van der Waals surface area contributed by atoms with Crippen LogP contribution in [0.3, 0.4) is 0 Å². The topological polar surface area (TPSA) is 64.9 Å². The number of allylic oxidation sites excluding steroid dienone is 1. The Morgan fingerprint density at radius 3 is 2.50 bits per heavy atom. The third-order valence-electron chi connectivity index (χ3n) is 3.79. The number of aliphatic hydroxyl groups excluding tert-OH is 1. The zero-order valence-corrected chi connectivity index (χ0v) is 14.6. The summed E-state index contributed by atoms with van der Waals surface area (Å²) in [6.07, 6.45) is 5.68. The van der Waals surface area contributed by atoms with Crippen molar-refractivity contribution >= 4 is 12.1 Å². The number of nitrogens with zero attached hydrogens (tertiary/aromatic N) is 2. The molecule has 2 N–H and O–H groups in total. The first-order valence-electron chi connectivity index (χ1n) is 7.86. The molecule has 0 saturated carbocycles. The van der Waals surface area contributed by atoms with Gasteiger partial charge in [-0.2, -0.15) is 0 Å². The lowest BCUT2D eigenvalue weighted by atomic mass is 10.0. The summed E-state index contributed by atoms with van der Waals surface area (Å²) >= 11 is 0. The van der Waals surface area contributed by atoms with Crippen LogP contribution in [-0.2, 0) is 4.79 Å². The van der Waals surface area contributed by atoms with Crippen LogP contribution in [0.15, 0.2) is 28.7 Å². The second-order valence-corrected chi connectivity index (χ2v) is 5.42. The lowest BCUT2D eigenvalue weighted by molar-refractivity contribution is -0.125. The molecule has 0 aliphatic carbocycles. The fraction of sp³-hybridized carbons (Fsp3) is 0.647. The van der Waals surface area contributed by atoms with Gasteiger partial charge in [0.05, 0.1) is 0 Å². The van der Waals surface area contributed by atoms with E-state index in [1.54, 1.807) is 14.1 Å². The average Bonchev–Trinajstić information content (AvgIpc) is 2.51. The van der Waals surface area contributed by atoms with Gasteiger partial charge in [-0.05, 0) is 32.1 Å². The minimum absolute atomic E-state index is 0.0660. The van der Waals surface area contributed by atoms with Gasteiger partial charge in [-0.3, -0.25) is 9.69 Å². The van der Waals surface area contributed by atoms with Crippen molar-refractivity contribution in [1.82, 2.24) is 10.2 Å². The van der Waals surface area contributed by atoms with Crippen molar-refractivity contribution in [3.8, 4) is 0 Å². The maximum Gasteiger partial charge on any atom is 0.224 e. The van der Waals surface area contributed by atoms with E-state index in [9.17, 15) is 4.79 Å². The number of hydrogen-bond acceptors (Lipinski definition) is 4. The number of nitrogens with one attached hydrogen (secondary N) is 1. The standard InChI is InChI=1S/C17H31N3O2/c1-7-16(10-8-9-11-21)12-19-17(20(6)15(4)22)13(2)14(3)18-5/h12,16,18,21H,3,7-11H2,1-2,4-6H3/b17-13-,19-12?. The van der Waals surface area contributed by atoms with Crippen molar-refractivity contribution in [1.29, 1.82) is 0 Å². The van der Waals surface area contributed by atoms with Crippen LogP contribution >= 0.6 is 0 Å². The molecule has 5 nitrogen and oxygen atoms in total. The highest BCUT2D eigenvalue weighted by molar-refractivity contribution is 5.76. The number of amides is 1. The second-order valence-electron chi connectivity index (χ2n) is 5.42. The summed E-state index contributed by atoms with van der Waals surface area (Å²) in [5.74, 6) is 0.897. The van der Waals surface area contributed by atoms with Gasteiger partial charge in [-0.15, -0.1) is 0 Å². The molecule has 0 aliphatic heterocycles. The molecule has 22 heavy (non-hydrogen) atoms. The summed E-state index contributed by atoms with van der Waals surface area (Å²) in [5.41, 5.74) is 1.59. The van der Waals surface area contributed by atoms with E-state index in [1.165, 1.54) is 11.8 Å². The Morgan fingerprint density at radius 1 is 1.41 bits per heavy atom. The molecular weight excluding hydrogens is 278 g/mol. The Hall–Kier alpha value is -1.62. The molecule has 0 saturated heterocycles. The van der Waals surface area contributed by atoms with E-state index in [0.717, 1.165) is 37.0 Å². The van der Waals surface area contributed by atoms with Crippen LogP contribution in [0, 0.1) is 5.92 Å². The Labute approximate surface area is 134 Å². The second kappa shape index (κ2) is 11.0. The normalized spacial score (nSPS) is 13.7. The van der Waals surface area contributed by atoms with Gasteiger partial charge < -0.3 is 10.4 Å². The van der Waals surface area contributed by atoms with E-state index in [0.29, 0.717) is 11.7 Å². The van der Waals surface area contributed by atoms with Gasteiger partial charge in [0.15, 0.2) is 0 Å². The summed E-state index contributed by atoms with van der Waals surface area (Å²) in [7, 11) is 3.51. The molecule has 0 bridgehead atoms. The predicted molar refractivity (Wildman–Crippen MR) is 92.6 cm³/mol. The van der Waals surface area contributed by atoms with Crippen molar-refractivity contribution in [2.75, 3.05) is 20.7 Å². The van der Waals surface area contributed by atoms with Crippen LogP contribution < -0.4 is 5.32 Å². The van der Waals surface area contributed by atoms with E-state index in [4.69, 9.17) is 5.11 Å². The molecule has 0 aromatic rings. The number of aliphatic imine (C=N–C) groups is 1. The number of unbranched alkanes of at least 4 members (excludes halogenated alkanes) is 1. The molecule has 0 fully saturated rings.